The van der Waals surface area contributed by atoms with Crippen molar-refractivity contribution >= 4 is 21.6 Å². The van der Waals surface area contributed by atoms with Gasteiger partial charge in [0, 0.05) is 12.2 Å². The van der Waals surface area contributed by atoms with Crippen LogP contribution >= 0.6 is 11.3 Å². The molecule has 0 spiro atoms. The molecule has 1 saturated heterocycles. The minimum absolute atomic E-state index is 0.469. The normalized spacial score (nSPS) is 31.3. The molecule has 1 saturated carbocycles. The molecular weight excluding hydrogens is 254 g/mol. The molecule has 3 nitrogen and oxygen atoms in total. The topological polar surface area (TPSA) is 37.8 Å². The van der Waals surface area contributed by atoms with Crippen molar-refractivity contribution < 1.29 is 0 Å². The summed E-state index contributed by atoms with van der Waals surface area (Å²) in [6.45, 7) is 0. The highest BCUT2D eigenvalue weighted by Gasteiger charge is 2.33. The molecule has 0 amide bonds. The Balaban J connectivity index is 1.58. The van der Waals surface area contributed by atoms with Crippen molar-refractivity contribution in [2.24, 2.45) is 5.92 Å². The molecule has 2 aromatic heterocycles. The molecule has 0 bridgehead atoms. The van der Waals surface area contributed by atoms with Crippen LogP contribution in [0.4, 0.5) is 0 Å². The summed E-state index contributed by atoms with van der Waals surface area (Å²) in [4.78, 5) is 8.93. The molecule has 1 aliphatic carbocycles. The molecule has 0 aromatic carbocycles. The van der Waals surface area contributed by atoms with Gasteiger partial charge in [0.2, 0.25) is 0 Å². The number of thiazole rings is 1. The number of hydrogen-bond donors (Lipinski definition) is 1. The van der Waals surface area contributed by atoms with Gasteiger partial charge in [0.1, 0.15) is 5.01 Å². The molecule has 2 aromatic rings. The summed E-state index contributed by atoms with van der Waals surface area (Å²) < 4.78 is 1.26. The third-order valence-corrected chi connectivity index (χ3v) is 5.81. The summed E-state index contributed by atoms with van der Waals surface area (Å²) in [5, 5.41) is 5.12. The largest absolute Gasteiger partial charge is 0.305 e. The summed E-state index contributed by atoms with van der Waals surface area (Å²) >= 11 is 1.83. The second-order valence-electron chi connectivity index (χ2n) is 5.84. The van der Waals surface area contributed by atoms with E-state index in [1.165, 1.54) is 48.2 Å². The number of nitrogens with zero attached hydrogens (tertiary/aromatic N) is 2. The molecule has 4 heteroatoms. The Morgan fingerprint density at radius 1 is 1.16 bits per heavy atom. The van der Waals surface area contributed by atoms with Crippen molar-refractivity contribution in [2.75, 3.05) is 0 Å². The van der Waals surface area contributed by atoms with Crippen molar-refractivity contribution in [3.8, 4) is 0 Å². The lowest BCUT2D eigenvalue weighted by molar-refractivity contribution is 0.177. The van der Waals surface area contributed by atoms with Crippen LogP contribution in [0, 0.1) is 5.92 Å². The van der Waals surface area contributed by atoms with Crippen molar-refractivity contribution in [3.05, 3.63) is 23.5 Å². The molecule has 4 rings (SSSR count). The maximum atomic E-state index is 4.77. The van der Waals surface area contributed by atoms with E-state index in [2.05, 4.69) is 16.4 Å². The zero-order chi connectivity index (χ0) is 12.7. The maximum absolute atomic E-state index is 4.77. The van der Waals surface area contributed by atoms with Gasteiger partial charge in [-0.25, -0.2) is 4.98 Å². The number of rotatable bonds is 1. The summed E-state index contributed by atoms with van der Waals surface area (Å²) in [6.07, 6.45) is 12.0. The summed E-state index contributed by atoms with van der Waals surface area (Å²) in [5.74, 6) is 0.918. The second-order valence-corrected chi connectivity index (χ2v) is 6.91. The highest BCUT2D eigenvalue weighted by Crippen LogP contribution is 2.38. The molecule has 2 aliphatic rings. The Morgan fingerprint density at radius 2 is 2.11 bits per heavy atom. The number of nitrogens with one attached hydrogen (secondary N) is 1. The van der Waals surface area contributed by atoms with Crippen LogP contribution in [0.3, 0.4) is 0 Å². The number of piperidine rings is 1. The fraction of sp³-hybridized carbons (Fsp3) is 0.600. The maximum Gasteiger partial charge on any atom is 0.111 e. The quantitative estimate of drug-likeness (QED) is 0.861. The standard InChI is InChI=1S/C15H19N3S/c1-2-4-11-10(3-1)5-6-12(17-11)15-18-13-9-16-8-7-14(13)19-15/h7-12,17H,1-6H2. The SMILES string of the molecule is c1cc2sc(C3CCC4CCCCC4N3)nc2cn1. The van der Waals surface area contributed by atoms with Gasteiger partial charge in [-0.15, -0.1) is 11.3 Å². The zero-order valence-electron chi connectivity index (χ0n) is 11.0. The number of pyridine rings is 1. The average Bonchev–Trinajstić information content (AvgIpc) is 2.90. The first-order valence-corrected chi connectivity index (χ1v) is 8.18. The van der Waals surface area contributed by atoms with Crippen LogP contribution in [0.1, 0.15) is 49.6 Å². The highest BCUT2D eigenvalue weighted by atomic mass is 32.1. The lowest BCUT2D eigenvalue weighted by Crippen LogP contribution is -2.44. The van der Waals surface area contributed by atoms with E-state index >= 15 is 0 Å². The predicted octanol–water partition coefficient (Wildman–Crippen LogP) is 3.67. The van der Waals surface area contributed by atoms with Gasteiger partial charge >= 0.3 is 0 Å². The van der Waals surface area contributed by atoms with Gasteiger partial charge in [0.05, 0.1) is 22.5 Å². The molecule has 3 atom stereocenters. The van der Waals surface area contributed by atoms with E-state index in [0.29, 0.717) is 6.04 Å². The van der Waals surface area contributed by atoms with Gasteiger partial charge in [0.25, 0.3) is 0 Å². The van der Waals surface area contributed by atoms with Crippen LogP contribution < -0.4 is 5.32 Å². The summed E-state index contributed by atoms with van der Waals surface area (Å²) in [5.41, 5.74) is 1.05. The summed E-state index contributed by atoms with van der Waals surface area (Å²) in [7, 11) is 0. The average molecular weight is 273 g/mol. The minimum atomic E-state index is 0.469. The summed E-state index contributed by atoms with van der Waals surface area (Å²) in [6, 6.07) is 3.28. The minimum Gasteiger partial charge on any atom is -0.305 e. The molecule has 19 heavy (non-hydrogen) atoms. The van der Waals surface area contributed by atoms with Gasteiger partial charge in [-0.1, -0.05) is 12.8 Å². The van der Waals surface area contributed by atoms with Crippen LogP contribution in [0.25, 0.3) is 10.2 Å². The third-order valence-electron chi connectivity index (χ3n) is 4.65. The molecule has 1 aliphatic heterocycles. The van der Waals surface area contributed by atoms with E-state index in [4.69, 9.17) is 4.98 Å². The van der Waals surface area contributed by atoms with Crippen LogP contribution in [-0.4, -0.2) is 16.0 Å². The number of hydrogen-bond acceptors (Lipinski definition) is 4. The number of aromatic nitrogens is 2. The van der Waals surface area contributed by atoms with Crippen molar-refractivity contribution in [2.45, 2.75) is 50.6 Å². The Labute approximate surface area is 117 Å². The van der Waals surface area contributed by atoms with Crippen molar-refractivity contribution in [3.63, 3.8) is 0 Å². The molecule has 3 unspecified atom stereocenters. The van der Waals surface area contributed by atoms with Crippen LogP contribution in [0.15, 0.2) is 18.5 Å². The van der Waals surface area contributed by atoms with E-state index < -0.39 is 0 Å². The number of fused-ring (bicyclic) bond motifs is 2. The lowest BCUT2D eigenvalue weighted by atomic mass is 9.78. The molecular formula is C15H19N3S. The molecule has 3 heterocycles. The molecule has 2 fully saturated rings. The first-order chi connectivity index (χ1) is 9.40. The van der Waals surface area contributed by atoms with Crippen molar-refractivity contribution in [1.29, 1.82) is 0 Å². The first-order valence-electron chi connectivity index (χ1n) is 7.36. The van der Waals surface area contributed by atoms with E-state index in [1.54, 1.807) is 0 Å². The van der Waals surface area contributed by atoms with Crippen LogP contribution in [0.5, 0.6) is 0 Å². The van der Waals surface area contributed by atoms with Gasteiger partial charge < -0.3 is 5.32 Å². The molecule has 0 radical (unpaired) electrons. The smallest absolute Gasteiger partial charge is 0.111 e. The lowest BCUT2D eigenvalue weighted by Gasteiger charge is -2.39. The zero-order valence-corrected chi connectivity index (χ0v) is 11.8. The molecule has 1 N–H and O–H groups in total. The monoisotopic (exact) mass is 273 g/mol. The van der Waals surface area contributed by atoms with Gasteiger partial charge in [-0.05, 0) is 37.7 Å². The van der Waals surface area contributed by atoms with Crippen LogP contribution in [0.2, 0.25) is 0 Å². The second kappa shape index (κ2) is 4.84. The third kappa shape index (κ3) is 2.17. The Hall–Kier alpha value is -1.00. The van der Waals surface area contributed by atoms with Gasteiger partial charge in [0.15, 0.2) is 0 Å². The van der Waals surface area contributed by atoms with E-state index in [9.17, 15) is 0 Å². The molecule has 100 valence electrons. The van der Waals surface area contributed by atoms with E-state index in [0.717, 1.165) is 17.5 Å². The van der Waals surface area contributed by atoms with E-state index in [-0.39, 0.29) is 0 Å². The fourth-order valence-corrected chi connectivity index (χ4v) is 4.67. The van der Waals surface area contributed by atoms with E-state index in [1.807, 2.05) is 23.7 Å². The Bertz CT molecular complexity index is 547. The van der Waals surface area contributed by atoms with Crippen molar-refractivity contribution in [1.82, 2.24) is 15.3 Å². The Morgan fingerprint density at radius 3 is 3.05 bits per heavy atom. The highest BCUT2D eigenvalue weighted by molar-refractivity contribution is 7.18. The first kappa shape index (κ1) is 11.8. The van der Waals surface area contributed by atoms with Gasteiger partial charge in [-0.2, -0.15) is 0 Å². The van der Waals surface area contributed by atoms with Crippen LogP contribution in [-0.2, 0) is 0 Å². The van der Waals surface area contributed by atoms with Gasteiger partial charge in [-0.3, -0.25) is 4.98 Å². The Kier molecular flexibility index (Phi) is 3.00. The fourth-order valence-electron chi connectivity index (χ4n) is 3.64. The predicted molar refractivity (Wildman–Crippen MR) is 78.3 cm³/mol.